The third kappa shape index (κ3) is 4.46. The highest BCUT2D eigenvalue weighted by atomic mass is 16.5. The van der Waals surface area contributed by atoms with E-state index in [0.29, 0.717) is 24.9 Å². The molecule has 0 aliphatic carbocycles. The number of nitrogens with one attached hydrogen (secondary N) is 2. The van der Waals surface area contributed by atoms with E-state index >= 15 is 0 Å². The fourth-order valence-electron chi connectivity index (χ4n) is 7.09. The summed E-state index contributed by atoms with van der Waals surface area (Å²) in [6, 6.07) is 7.73. The largest absolute Gasteiger partial charge is 0.394 e. The van der Waals surface area contributed by atoms with Gasteiger partial charge in [-0.3, -0.25) is 14.4 Å². The molecule has 3 aliphatic heterocycles. The molecule has 8 heteroatoms. The van der Waals surface area contributed by atoms with Crippen LogP contribution < -0.4 is 10.6 Å². The predicted octanol–water partition coefficient (Wildman–Crippen LogP) is 3.49. The zero-order valence-electron chi connectivity index (χ0n) is 22.8. The van der Waals surface area contributed by atoms with Gasteiger partial charge in [-0.25, -0.2) is 0 Å². The molecule has 3 fully saturated rings. The van der Waals surface area contributed by atoms with Crippen molar-refractivity contribution in [3.8, 4) is 0 Å². The van der Waals surface area contributed by atoms with Crippen LogP contribution in [0.15, 0.2) is 30.3 Å². The van der Waals surface area contributed by atoms with Crippen molar-refractivity contribution in [3.63, 3.8) is 0 Å². The lowest BCUT2D eigenvalue weighted by Crippen LogP contribution is -2.60. The Labute approximate surface area is 220 Å². The lowest BCUT2D eigenvalue weighted by molar-refractivity contribution is -0.151. The molecule has 0 radical (unpaired) electrons. The van der Waals surface area contributed by atoms with E-state index in [4.69, 9.17) is 4.74 Å². The van der Waals surface area contributed by atoms with E-state index in [0.717, 1.165) is 19.3 Å². The van der Waals surface area contributed by atoms with Crippen molar-refractivity contribution < 1.29 is 24.2 Å². The van der Waals surface area contributed by atoms with Crippen molar-refractivity contribution in [1.82, 2.24) is 10.2 Å². The Balaban J connectivity index is 1.77. The van der Waals surface area contributed by atoms with E-state index in [1.54, 1.807) is 4.90 Å². The number of aliphatic hydroxyl groups excluding tert-OH is 1. The molecule has 3 amide bonds. The summed E-state index contributed by atoms with van der Waals surface area (Å²) in [5.74, 6) is -2.29. The highest BCUT2D eigenvalue weighted by Crippen LogP contribution is 2.64. The minimum absolute atomic E-state index is 0.0264. The summed E-state index contributed by atoms with van der Waals surface area (Å²) in [6.07, 6.45) is 4.19. The summed E-state index contributed by atoms with van der Waals surface area (Å²) in [6.45, 7) is 9.76. The maximum absolute atomic E-state index is 14.3. The Kier molecular flexibility index (Phi) is 8.00. The van der Waals surface area contributed by atoms with Gasteiger partial charge in [0.05, 0.1) is 30.1 Å². The first-order valence-corrected chi connectivity index (χ1v) is 14.0. The Morgan fingerprint density at radius 3 is 2.43 bits per heavy atom. The van der Waals surface area contributed by atoms with Gasteiger partial charge < -0.3 is 25.4 Å². The molecule has 1 spiro atoms. The monoisotopic (exact) mass is 513 g/mol. The molecule has 1 aromatic rings. The molecule has 8 atom stereocenters. The van der Waals surface area contributed by atoms with Crippen LogP contribution in [0.4, 0.5) is 5.69 Å². The molecule has 37 heavy (non-hydrogen) atoms. The Morgan fingerprint density at radius 1 is 1.14 bits per heavy atom. The minimum atomic E-state index is -1.09. The van der Waals surface area contributed by atoms with E-state index in [-0.39, 0.29) is 36.3 Å². The van der Waals surface area contributed by atoms with Gasteiger partial charge in [0.1, 0.15) is 11.6 Å². The molecule has 8 nitrogen and oxygen atoms in total. The number of anilines is 1. The summed E-state index contributed by atoms with van der Waals surface area (Å²) < 4.78 is 6.81. The van der Waals surface area contributed by atoms with Gasteiger partial charge in [0.25, 0.3) is 0 Å². The van der Waals surface area contributed by atoms with Gasteiger partial charge in [0.2, 0.25) is 17.7 Å². The quantitative estimate of drug-likeness (QED) is 0.420. The minimum Gasteiger partial charge on any atom is -0.394 e. The molecule has 3 unspecified atom stereocenters. The van der Waals surface area contributed by atoms with Gasteiger partial charge in [-0.05, 0) is 50.7 Å². The topological polar surface area (TPSA) is 108 Å². The summed E-state index contributed by atoms with van der Waals surface area (Å²) in [5.41, 5.74) is -1.24. The van der Waals surface area contributed by atoms with Crippen LogP contribution in [-0.4, -0.2) is 63.7 Å². The molecule has 4 rings (SSSR count). The number of carbonyl (C=O) groups is 3. The molecule has 3 heterocycles. The number of benzene rings is 1. The first-order valence-electron chi connectivity index (χ1n) is 14.0. The third-order valence-electron chi connectivity index (χ3n) is 9.15. The smallest absolute Gasteiger partial charge is 0.246 e. The van der Waals surface area contributed by atoms with Gasteiger partial charge in [0, 0.05) is 11.7 Å². The molecular weight excluding hydrogens is 470 g/mol. The number of ether oxygens (including phenoxy) is 1. The first-order chi connectivity index (χ1) is 17.7. The molecule has 0 aromatic heterocycles. The van der Waals surface area contributed by atoms with E-state index < -0.39 is 35.1 Å². The summed E-state index contributed by atoms with van der Waals surface area (Å²) in [5, 5.41) is 16.5. The van der Waals surface area contributed by atoms with Crippen molar-refractivity contribution in [3.05, 3.63) is 30.3 Å². The van der Waals surface area contributed by atoms with Crippen molar-refractivity contribution >= 4 is 23.4 Å². The number of carbonyl (C=O) groups excluding carboxylic acids is 3. The van der Waals surface area contributed by atoms with Crippen LogP contribution in [0.5, 0.6) is 0 Å². The van der Waals surface area contributed by atoms with Gasteiger partial charge >= 0.3 is 0 Å². The van der Waals surface area contributed by atoms with E-state index in [1.807, 2.05) is 58.0 Å². The molecule has 204 valence electrons. The lowest BCUT2D eigenvalue weighted by Gasteiger charge is -2.39. The second-order valence-electron chi connectivity index (χ2n) is 11.3. The number of aliphatic hydroxyl groups is 1. The molecule has 3 saturated heterocycles. The molecule has 1 aromatic carbocycles. The van der Waals surface area contributed by atoms with Crippen LogP contribution in [0.25, 0.3) is 0 Å². The lowest BCUT2D eigenvalue weighted by atomic mass is 9.65. The number of amides is 3. The second kappa shape index (κ2) is 10.7. The maximum Gasteiger partial charge on any atom is 0.246 e. The van der Waals surface area contributed by atoms with Crippen molar-refractivity contribution in [1.29, 1.82) is 0 Å². The first kappa shape index (κ1) is 27.6. The molecule has 3 N–H and O–H groups in total. The number of likely N-dealkylation sites (tertiary alicyclic amines) is 1. The second-order valence-corrected chi connectivity index (χ2v) is 11.3. The average Bonchev–Trinajstić information content (AvgIpc) is 3.49. The van der Waals surface area contributed by atoms with Crippen LogP contribution >= 0.6 is 0 Å². The van der Waals surface area contributed by atoms with Crippen LogP contribution in [-0.2, 0) is 19.1 Å². The fraction of sp³-hybridized carbons (Fsp3) is 0.690. The number of hydrogen-bond acceptors (Lipinski definition) is 5. The highest BCUT2D eigenvalue weighted by Gasteiger charge is 2.79. The van der Waals surface area contributed by atoms with Gasteiger partial charge in [-0.15, -0.1) is 0 Å². The number of nitrogens with zero attached hydrogens (tertiary/aromatic N) is 1. The maximum atomic E-state index is 14.3. The zero-order chi connectivity index (χ0) is 27.0. The Bertz CT molecular complexity index is 1000. The molecular formula is C29H43N3O5. The summed E-state index contributed by atoms with van der Waals surface area (Å²) in [7, 11) is 0. The highest BCUT2D eigenvalue weighted by molar-refractivity contribution is 6.02. The summed E-state index contributed by atoms with van der Waals surface area (Å²) in [4.78, 5) is 43.7. The number of rotatable bonds is 11. The Hall–Kier alpha value is -2.45. The summed E-state index contributed by atoms with van der Waals surface area (Å²) >= 11 is 0. The molecule has 3 aliphatic rings. The van der Waals surface area contributed by atoms with Gasteiger partial charge in [0.15, 0.2) is 0 Å². The van der Waals surface area contributed by atoms with Crippen molar-refractivity contribution in [2.24, 2.45) is 17.8 Å². The number of hydrogen-bond donors (Lipinski definition) is 3. The van der Waals surface area contributed by atoms with E-state index in [1.165, 1.54) is 0 Å². The van der Waals surface area contributed by atoms with Crippen molar-refractivity contribution in [2.75, 3.05) is 11.9 Å². The van der Waals surface area contributed by atoms with Gasteiger partial charge in [-0.1, -0.05) is 58.7 Å². The standard InChI is InChI=1S/C29H43N3O5/c1-6-12-19(5)30-26(35)24-29-16-15-28(8-3,37-29)22(25(34)31-20-13-10-9-11-14-20)23(29)27(36)32(24)21(17-33)18(4)7-2/h9-11,13-14,18-19,21-24,33H,6-8,12,15-17H2,1-5H3,(H,30,35)(H,31,34)/t18-,19?,21-,22+,23-,24?,28-,29?/m0/s1. The van der Waals surface area contributed by atoms with Crippen molar-refractivity contribution in [2.45, 2.75) is 102 Å². The fourth-order valence-corrected chi connectivity index (χ4v) is 7.09. The normalized spacial score (nSPS) is 32.6. The van der Waals surface area contributed by atoms with Crippen LogP contribution in [0.2, 0.25) is 0 Å². The number of para-hydroxylation sites is 1. The molecule has 0 saturated carbocycles. The predicted molar refractivity (Wildman–Crippen MR) is 142 cm³/mol. The van der Waals surface area contributed by atoms with Crippen LogP contribution in [0.3, 0.4) is 0 Å². The van der Waals surface area contributed by atoms with Gasteiger partial charge in [-0.2, -0.15) is 0 Å². The third-order valence-corrected chi connectivity index (χ3v) is 9.15. The zero-order valence-corrected chi connectivity index (χ0v) is 22.8. The van der Waals surface area contributed by atoms with E-state index in [2.05, 4.69) is 17.6 Å². The van der Waals surface area contributed by atoms with Crippen LogP contribution in [0.1, 0.15) is 73.1 Å². The molecule has 2 bridgehead atoms. The van der Waals surface area contributed by atoms with Crippen LogP contribution in [0, 0.1) is 17.8 Å². The van der Waals surface area contributed by atoms with E-state index in [9.17, 15) is 19.5 Å². The average molecular weight is 514 g/mol. The number of fused-ring (bicyclic) bond motifs is 1. The SMILES string of the molecule is CCCC(C)NC(=O)C1N([C@@H](CO)[C@@H](C)CC)C(=O)[C@@H]2[C@H](C(=O)Nc3ccccc3)[C@]3(CC)CCC12O3. The Morgan fingerprint density at radius 2 is 1.84 bits per heavy atom.